The lowest BCUT2D eigenvalue weighted by Gasteiger charge is -2.32. The van der Waals surface area contributed by atoms with Crippen LogP contribution in [0.3, 0.4) is 0 Å². The van der Waals surface area contributed by atoms with Gasteiger partial charge in [-0.1, -0.05) is 31.2 Å². The van der Waals surface area contributed by atoms with Crippen LogP contribution >= 0.6 is 0 Å². The molecule has 24 heavy (non-hydrogen) atoms. The van der Waals surface area contributed by atoms with E-state index < -0.39 is 10.0 Å². The molecule has 0 saturated carbocycles. The van der Waals surface area contributed by atoms with Crippen molar-refractivity contribution in [1.29, 1.82) is 0 Å². The Labute approximate surface area is 142 Å². The molecular formula is C18H20N2O3S. The summed E-state index contributed by atoms with van der Waals surface area (Å²) in [7, 11) is -3.56. The maximum Gasteiger partial charge on any atom is 0.243 e. The molecule has 3 rings (SSSR count). The van der Waals surface area contributed by atoms with Crippen LogP contribution in [0.1, 0.15) is 30.9 Å². The minimum Gasteiger partial charge on any atom is -0.326 e. The van der Waals surface area contributed by atoms with Crippen molar-refractivity contribution in [2.45, 2.75) is 31.2 Å². The highest BCUT2D eigenvalue weighted by atomic mass is 32.2. The molecule has 0 fully saturated rings. The topological polar surface area (TPSA) is 66.5 Å². The second-order valence-electron chi connectivity index (χ2n) is 6.10. The SMILES string of the molecule is CC(=O)Nc1ccc(S(=O)(=O)N2Cc3ccccc3C(C)C2)cc1. The molecule has 0 aliphatic carbocycles. The number of hydrogen-bond donors (Lipinski definition) is 1. The number of carbonyl (C=O) groups excluding carboxylic acids is 1. The fourth-order valence-electron chi connectivity index (χ4n) is 3.06. The molecule has 126 valence electrons. The molecular weight excluding hydrogens is 324 g/mol. The highest BCUT2D eigenvalue weighted by molar-refractivity contribution is 7.89. The molecule has 0 radical (unpaired) electrons. The highest BCUT2D eigenvalue weighted by Crippen LogP contribution is 2.31. The van der Waals surface area contributed by atoms with E-state index in [0.29, 0.717) is 18.8 Å². The van der Waals surface area contributed by atoms with Gasteiger partial charge < -0.3 is 5.32 Å². The number of fused-ring (bicyclic) bond motifs is 1. The number of rotatable bonds is 3. The van der Waals surface area contributed by atoms with E-state index in [4.69, 9.17) is 0 Å². The van der Waals surface area contributed by atoms with Crippen LogP contribution in [0.15, 0.2) is 53.4 Å². The van der Waals surface area contributed by atoms with E-state index in [1.165, 1.54) is 28.9 Å². The molecule has 1 aliphatic rings. The van der Waals surface area contributed by atoms with Gasteiger partial charge in [-0.2, -0.15) is 4.31 Å². The lowest BCUT2D eigenvalue weighted by Crippen LogP contribution is -2.37. The number of carbonyl (C=O) groups is 1. The van der Waals surface area contributed by atoms with Gasteiger partial charge in [-0.05, 0) is 41.3 Å². The van der Waals surface area contributed by atoms with Gasteiger partial charge in [0.25, 0.3) is 0 Å². The summed E-state index contributed by atoms with van der Waals surface area (Å²) in [6, 6.07) is 14.2. The van der Waals surface area contributed by atoms with E-state index in [1.807, 2.05) is 25.1 Å². The van der Waals surface area contributed by atoms with Gasteiger partial charge in [0.15, 0.2) is 0 Å². The first-order chi connectivity index (χ1) is 11.4. The Morgan fingerprint density at radius 2 is 1.79 bits per heavy atom. The number of sulfonamides is 1. The Bertz CT molecular complexity index is 860. The predicted molar refractivity (Wildman–Crippen MR) is 93.2 cm³/mol. The van der Waals surface area contributed by atoms with E-state index in [2.05, 4.69) is 11.4 Å². The molecule has 0 spiro atoms. The zero-order valence-corrected chi connectivity index (χ0v) is 14.5. The van der Waals surface area contributed by atoms with Crippen molar-refractivity contribution in [1.82, 2.24) is 4.31 Å². The van der Waals surface area contributed by atoms with Gasteiger partial charge in [0.05, 0.1) is 4.90 Å². The number of nitrogens with one attached hydrogen (secondary N) is 1. The van der Waals surface area contributed by atoms with Crippen molar-refractivity contribution in [3.05, 3.63) is 59.7 Å². The van der Waals surface area contributed by atoms with Gasteiger partial charge in [-0.15, -0.1) is 0 Å². The number of nitrogens with zero attached hydrogens (tertiary/aromatic N) is 1. The Balaban J connectivity index is 1.87. The van der Waals surface area contributed by atoms with Crippen molar-refractivity contribution in [2.24, 2.45) is 0 Å². The molecule has 2 aromatic carbocycles. The molecule has 5 nitrogen and oxygen atoms in total. The maximum absolute atomic E-state index is 12.9. The summed E-state index contributed by atoms with van der Waals surface area (Å²) in [6.07, 6.45) is 0. The van der Waals surface area contributed by atoms with E-state index >= 15 is 0 Å². The smallest absolute Gasteiger partial charge is 0.243 e. The third-order valence-electron chi connectivity index (χ3n) is 4.22. The average Bonchev–Trinajstić information content (AvgIpc) is 2.55. The van der Waals surface area contributed by atoms with E-state index in [0.717, 1.165) is 5.56 Å². The second kappa shape index (κ2) is 6.37. The van der Waals surface area contributed by atoms with Crippen molar-refractivity contribution >= 4 is 21.6 Å². The standard InChI is InChI=1S/C18H20N2O3S/c1-13-11-20(12-15-5-3-4-6-18(13)15)24(22,23)17-9-7-16(8-10-17)19-14(2)21/h3-10,13H,11-12H2,1-2H3,(H,19,21). The minimum atomic E-state index is -3.56. The Morgan fingerprint density at radius 1 is 1.12 bits per heavy atom. The molecule has 1 unspecified atom stereocenters. The number of amides is 1. The Hall–Kier alpha value is -2.18. The van der Waals surface area contributed by atoms with Crippen LogP contribution in [0.4, 0.5) is 5.69 Å². The number of anilines is 1. The quantitative estimate of drug-likeness (QED) is 0.931. The Morgan fingerprint density at radius 3 is 2.46 bits per heavy atom. The van der Waals surface area contributed by atoms with Gasteiger partial charge in [-0.3, -0.25) is 4.79 Å². The van der Waals surface area contributed by atoms with Crippen LogP contribution in [0.2, 0.25) is 0 Å². The molecule has 0 aromatic heterocycles. The second-order valence-corrected chi connectivity index (χ2v) is 8.04. The van der Waals surface area contributed by atoms with Crippen molar-refractivity contribution in [3.63, 3.8) is 0 Å². The molecule has 1 aliphatic heterocycles. The van der Waals surface area contributed by atoms with Crippen molar-refractivity contribution < 1.29 is 13.2 Å². The highest BCUT2D eigenvalue weighted by Gasteiger charge is 2.31. The summed E-state index contributed by atoms with van der Waals surface area (Å²) in [5, 5.41) is 2.64. The zero-order chi connectivity index (χ0) is 17.3. The van der Waals surface area contributed by atoms with Crippen molar-refractivity contribution in [3.8, 4) is 0 Å². The molecule has 1 heterocycles. The molecule has 0 saturated heterocycles. The van der Waals surface area contributed by atoms with Gasteiger partial charge in [-0.25, -0.2) is 8.42 Å². The molecule has 1 N–H and O–H groups in total. The van der Waals surface area contributed by atoms with E-state index in [9.17, 15) is 13.2 Å². The minimum absolute atomic E-state index is 0.156. The van der Waals surface area contributed by atoms with Gasteiger partial charge in [0.2, 0.25) is 15.9 Å². The number of hydrogen-bond acceptors (Lipinski definition) is 3. The average molecular weight is 344 g/mol. The number of benzene rings is 2. The zero-order valence-electron chi connectivity index (χ0n) is 13.7. The van der Waals surface area contributed by atoms with E-state index in [-0.39, 0.29) is 16.7 Å². The van der Waals surface area contributed by atoms with Crippen LogP contribution in [0.5, 0.6) is 0 Å². The van der Waals surface area contributed by atoms with Gasteiger partial charge in [0.1, 0.15) is 0 Å². The first-order valence-corrected chi connectivity index (χ1v) is 9.27. The van der Waals surface area contributed by atoms with E-state index in [1.54, 1.807) is 12.1 Å². The molecule has 2 aromatic rings. The molecule has 1 amide bonds. The third-order valence-corrected chi connectivity index (χ3v) is 6.05. The Kier molecular flexibility index (Phi) is 4.43. The van der Waals surface area contributed by atoms with Crippen LogP contribution in [0, 0.1) is 0 Å². The first kappa shape index (κ1) is 16.7. The predicted octanol–water partition coefficient (Wildman–Crippen LogP) is 2.95. The fraction of sp³-hybridized carbons (Fsp3) is 0.278. The summed E-state index contributed by atoms with van der Waals surface area (Å²) in [5.74, 6) is -0.0320. The van der Waals surface area contributed by atoms with Crippen molar-refractivity contribution in [2.75, 3.05) is 11.9 Å². The molecule has 1 atom stereocenters. The summed E-state index contributed by atoms with van der Waals surface area (Å²) < 4.78 is 27.4. The fourth-order valence-corrected chi connectivity index (χ4v) is 4.57. The molecule has 0 bridgehead atoms. The molecule has 6 heteroatoms. The largest absolute Gasteiger partial charge is 0.326 e. The van der Waals surface area contributed by atoms with Crippen LogP contribution < -0.4 is 5.32 Å². The summed E-state index contributed by atoms with van der Waals surface area (Å²) >= 11 is 0. The first-order valence-electron chi connectivity index (χ1n) is 7.83. The van der Waals surface area contributed by atoms with Crippen LogP contribution in [-0.4, -0.2) is 25.2 Å². The van der Waals surface area contributed by atoms with Gasteiger partial charge in [0, 0.05) is 25.7 Å². The third kappa shape index (κ3) is 3.20. The lowest BCUT2D eigenvalue weighted by atomic mass is 9.92. The van der Waals surface area contributed by atoms with Crippen LogP contribution in [0.25, 0.3) is 0 Å². The summed E-state index contributed by atoms with van der Waals surface area (Å²) in [4.78, 5) is 11.3. The monoisotopic (exact) mass is 344 g/mol. The normalized spacial score (nSPS) is 18.0. The maximum atomic E-state index is 12.9. The lowest BCUT2D eigenvalue weighted by molar-refractivity contribution is -0.114. The summed E-state index contributed by atoms with van der Waals surface area (Å²) in [6.45, 7) is 4.31. The van der Waals surface area contributed by atoms with Gasteiger partial charge >= 0.3 is 0 Å². The summed E-state index contributed by atoms with van der Waals surface area (Å²) in [5.41, 5.74) is 2.85. The van der Waals surface area contributed by atoms with Crippen LogP contribution in [-0.2, 0) is 21.4 Å².